The van der Waals surface area contributed by atoms with E-state index in [1.165, 1.54) is 4.88 Å². The minimum atomic E-state index is 0.808. The van der Waals surface area contributed by atoms with Crippen molar-refractivity contribution in [1.82, 2.24) is 14.5 Å². The maximum Gasteiger partial charge on any atom is 0.137 e. The third-order valence-corrected chi connectivity index (χ3v) is 4.30. The van der Waals surface area contributed by atoms with Gasteiger partial charge in [-0.05, 0) is 34.1 Å². The van der Waals surface area contributed by atoms with Crippen molar-refractivity contribution in [1.29, 1.82) is 0 Å². The van der Waals surface area contributed by atoms with Gasteiger partial charge in [0.15, 0.2) is 0 Å². The Balaban J connectivity index is 1.66. The van der Waals surface area contributed by atoms with Crippen LogP contribution in [0.15, 0.2) is 53.0 Å². The molecule has 1 N–H and O–H groups in total. The molecule has 3 aromatic rings. The molecule has 0 aliphatic carbocycles. The quantitative estimate of drug-likeness (QED) is 0.790. The molecule has 0 aliphatic rings. The summed E-state index contributed by atoms with van der Waals surface area (Å²) in [5.74, 6) is 0.863. The topological polar surface area (TPSA) is 42.7 Å². The molecule has 3 heterocycles. The van der Waals surface area contributed by atoms with E-state index in [2.05, 4.69) is 42.7 Å². The molecular formula is C13H11BrN4S. The smallest absolute Gasteiger partial charge is 0.137 e. The predicted molar refractivity (Wildman–Crippen MR) is 80.7 cm³/mol. The van der Waals surface area contributed by atoms with E-state index >= 15 is 0 Å². The van der Waals surface area contributed by atoms with Crippen molar-refractivity contribution in [2.75, 3.05) is 5.32 Å². The van der Waals surface area contributed by atoms with Crippen LogP contribution in [0.25, 0.3) is 5.82 Å². The van der Waals surface area contributed by atoms with E-state index in [1.807, 2.05) is 29.1 Å². The van der Waals surface area contributed by atoms with Crippen molar-refractivity contribution in [3.8, 4) is 5.82 Å². The molecule has 96 valence electrons. The molecular weight excluding hydrogens is 324 g/mol. The second-order valence-corrected chi connectivity index (χ2v) is 5.87. The lowest BCUT2D eigenvalue weighted by molar-refractivity contribution is 0.991. The second-order valence-electron chi connectivity index (χ2n) is 3.96. The van der Waals surface area contributed by atoms with Crippen molar-refractivity contribution in [3.05, 3.63) is 57.8 Å². The maximum absolute atomic E-state index is 4.39. The van der Waals surface area contributed by atoms with E-state index in [9.17, 15) is 0 Å². The van der Waals surface area contributed by atoms with Crippen molar-refractivity contribution in [3.63, 3.8) is 0 Å². The first kappa shape index (κ1) is 12.4. The van der Waals surface area contributed by atoms with Gasteiger partial charge in [-0.1, -0.05) is 0 Å². The zero-order chi connectivity index (χ0) is 13.1. The minimum Gasteiger partial charge on any atom is -0.379 e. The van der Waals surface area contributed by atoms with Crippen LogP contribution in [0.1, 0.15) is 4.88 Å². The van der Waals surface area contributed by atoms with Crippen LogP contribution in [0, 0.1) is 0 Å². The monoisotopic (exact) mass is 334 g/mol. The average molecular weight is 335 g/mol. The lowest BCUT2D eigenvalue weighted by atomic mass is 10.4. The molecule has 19 heavy (non-hydrogen) atoms. The number of nitrogens with zero attached hydrogens (tertiary/aromatic N) is 3. The van der Waals surface area contributed by atoms with Crippen LogP contribution in [0.5, 0.6) is 0 Å². The fourth-order valence-electron chi connectivity index (χ4n) is 1.67. The normalized spacial score (nSPS) is 10.6. The molecule has 0 aliphatic heterocycles. The second kappa shape index (κ2) is 5.54. The van der Waals surface area contributed by atoms with Crippen molar-refractivity contribution < 1.29 is 0 Å². The maximum atomic E-state index is 4.39. The van der Waals surface area contributed by atoms with Gasteiger partial charge >= 0.3 is 0 Å². The van der Waals surface area contributed by atoms with Crippen molar-refractivity contribution in [2.45, 2.75) is 6.54 Å². The van der Waals surface area contributed by atoms with E-state index in [0.717, 1.165) is 22.5 Å². The Bertz CT molecular complexity index is 646. The zero-order valence-corrected chi connectivity index (χ0v) is 12.4. The van der Waals surface area contributed by atoms with Gasteiger partial charge in [0.2, 0.25) is 0 Å². The number of hydrogen-bond acceptors (Lipinski definition) is 4. The standard InChI is InChI=1S/C13H11BrN4S/c14-10-5-12(19-8-10)7-16-11-1-2-13(17-6-11)18-4-3-15-9-18/h1-6,8-9,16H,7H2. The van der Waals surface area contributed by atoms with Crippen LogP contribution in [0.4, 0.5) is 5.69 Å². The minimum absolute atomic E-state index is 0.808. The summed E-state index contributed by atoms with van der Waals surface area (Å²) in [6.07, 6.45) is 7.18. The van der Waals surface area contributed by atoms with Crippen LogP contribution >= 0.6 is 27.3 Å². The van der Waals surface area contributed by atoms with Crippen LogP contribution < -0.4 is 5.32 Å². The largest absolute Gasteiger partial charge is 0.379 e. The molecule has 0 spiro atoms. The summed E-state index contributed by atoms with van der Waals surface area (Å²) in [6, 6.07) is 6.10. The molecule has 0 saturated carbocycles. The fraction of sp³-hybridized carbons (Fsp3) is 0.0769. The summed E-state index contributed by atoms with van der Waals surface area (Å²) in [4.78, 5) is 9.68. The van der Waals surface area contributed by atoms with Gasteiger partial charge in [-0.2, -0.15) is 0 Å². The number of nitrogens with one attached hydrogen (secondary N) is 1. The number of pyridine rings is 1. The molecule has 0 atom stereocenters. The first-order chi connectivity index (χ1) is 9.31. The SMILES string of the molecule is Brc1csc(CNc2ccc(-n3ccnc3)nc2)c1. The molecule has 0 aromatic carbocycles. The summed E-state index contributed by atoms with van der Waals surface area (Å²) in [7, 11) is 0. The van der Waals surface area contributed by atoms with Crippen LogP contribution in [-0.2, 0) is 6.54 Å². The number of hydrogen-bond donors (Lipinski definition) is 1. The predicted octanol–water partition coefficient (Wildman–Crippen LogP) is 3.70. The molecule has 0 saturated heterocycles. The zero-order valence-electron chi connectivity index (χ0n) is 9.95. The van der Waals surface area contributed by atoms with E-state index in [4.69, 9.17) is 0 Å². The highest BCUT2D eigenvalue weighted by molar-refractivity contribution is 9.10. The van der Waals surface area contributed by atoms with Gasteiger partial charge in [0, 0.05) is 33.7 Å². The van der Waals surface area contributed by atoms with Crippen LogP contribution in [-0.4, -0.2) is 14.5 Å². The van der Waals surface area contributed by atoms with Gasteiger partial charge < -0.3 is 5.32 Å². The third-order valence-electron chi connectivity index (χ3n) is 2.61. The summed E-state index contributed by atoms with van der Waals surface area (Å²) < 4.78 is 3.00. The molecule has 0 unspecified atom stereocenters. The van der Waals surface area contributed by atoms with E-state index < -0.39 is 0 Å². The van der Waals surface area contributed by atoms with Crippen LogP contribution in [0.3, 0.4) is 0 Å². The average Bonchev–Trinajstić information content (AvgIpc) is 3.08. The molecule has 0 radical (unpaired) electrons. The lowest BCUT2D eigenvalue weighted by Crippen LogP contribution is -1.99. The molecule has 4 nitrogen and oxygen atoms in total. The Hall–Kier alpha value is -1.66. The fourth-order valence-corrected chi connectivity index (χ4v) is 3.06. The molecule has 3 rings (SSSR count). The number of thiophene rings is 1. The van der Waals surface area contributed by atoms with Crippen LogP contribution in [0.2, 0.25) is 0 Å². The van der Waals surface area contributed by atoms with Gasteiger partial charge in [0.1, 0.15) is 12.1 Å². The summed E-state index contributed by atoms with van der Waals surface area (Å²) in [5.41, 5.74) is 1.01. The molecule has 0 bridgehead atoms. The lowest BCUT2D eigenvalue weighted by Gasteiger charge is -2.06. The number of aromatic nitrogens is 3. The van der Waals surface area contributed by atoms with E-state index in [0.29, 0.717) is 0 Å². The molecule has 0 fully saturated rings. The summed E-state index contributed by atoms with van der Waals surface area (Å²) in [5, 5.41) is 5.43. The molecule has 3 aromatic heterocycles. The first-order valence-electron chi connectivity index (χ1n) is 5.72. The Kier molecular flexibility index (Phi) is 3.61. The van der Waals surface area contributed by atoms with E-state index in [1.54, 1.807) is 23.9 Å². The van der Waals surface area contributed by atoms with Gasteiger partial charge in [-0.15, -0.1) is 11.3 Å². The van der Waals surface area contributed by atoms with Gasteiger partial charge in [-0.25, -0.2) is 9.97 Å². The summed E-state index contributed by atoms with van der Waals surface area (Å²) in [6.45, 7) is 0.808. The van der Waals surface area contributed by atoms with Crippen molar-refractivity contribution >= 4 is 33.0 Å². The Morgan fingerprint density at radius 2 is 2.32 bits per heavy atom. The number of imidazole rings is 1. The highest BCUT2D eigenvalue weighted by Gasteiger charge is 2.00. The van der Waals surface area contributed by atoms with E-state index in [-0.39, 0.29) is 0 Å². The Labute approximate surface area is 123 Å². The highest BCUT2D eigenvalue weighted by Crippen LogP contribution is 2.20. The van der Waals surface area contributed by atoms with Gasteiger partial charge in [0.25, 0.3) is 0 Å². The number of halogens is 1. The van der Waals surface area contributed by atoms with Crippen molar-refractivity contribution in [2.24, 2.45) is 0 Å². The first-order valence-corrected chi connectivity index (χ1v) is 7.40. The Morgan fingerprint density at radius 1 is 1.37 bits per heavy atom. The number of anilines is 1. The van der Waals surface area contributed by atoms with Gasteiger partial charge in [-0.3, -0.25) is 4.57 Å². The highest BCUT2D eigenvalue weighted by atomic mass is 79.9. The Morgan fingerprint density at radius 3 is 2.95 bits per heavy atom. The summed E-state index contributed by atoms with van der Waals surface area (Å²) >= 11 is 5.18. The van der Waals surface area contributed by atoms with Gasteiger partial charge in [0.05, 0.1) is 11.9 Å². The molecule has 0 amide bonds. The third kappa shape index (κ3) is 3.02. The number of rotatable bonds is 4. The molecule has 6 heteroatoms.